The fourth-order valence-electron chi connectivity index (χ4n) is 1.41. The van der Waals surface area contributed by atoms with Gasteiger partial charge in [-0.3, -0.25) is 9.89 Å². The minimum atomic E-state index is -0.123. The van der Waals surface area contributed by atoms with Gasteiger partial charge in [0, 0.05) is 17.5 Å². The van der Waals surface area contributed by atoms with E-state index < -0.39 is 0 Å². The van der Waals surface area contributed by atoms with Gasteiger partial charge in [0.1, 0.15) is 0 Å². The molecule has 1 amide bonds. The Balaban J connectivity index is 2.49. The Kier molecular flexibility index (Phi) is 2.60. The number of aromatic nitrogens is 2. The molecule has 78 valence electrons. The summed E-state index contributed by atoms with van der Waals surface area (Å²) in [6, 6.07) is 3.39. The van der Waals surface area contributed by atoms with Crippen LogP contribution in [0.2, 0.25) is 5.02 Å². The molecule has 0 saturated heterocycles. The molecule has 2 N–H and O–H groups in total. The first-order valence-electron chi connectivity index (χ1n) is 4.63. The third-order valence-corrected chi connectivity index (χ3v) is 2.40. The molecule has 1 aromatic carbocycles. The number of rotatable bonds is 2. The summed E-state index contributed by atoms with van der Waals surface area (Å²) >= 11 is 6.00. The van der Waals surface area contributed by atoms with Crippen LogP contribution in [0.25, 0.3) is 10.9 Å². The monoisotopic (exact) mass is 223 g/mol. The summed E-state index contributed by atoms with van der Waals surface area (Å²) < 4.78 is 0. The highest BCUT2D eigenvalue weighted by Crippen LogP contribution is 2.22. The van der Waals surface area contributed by atoms with E-state index >= 15 is 0 Å². The molecule has 0 aliphatic carbocycles. The first kappa shape index (κ1) is 9.98. The Morgan fingerprint density at radius 1 is 1.60 bits per heavy atom. The second-order valence-electron chi connectivity index (χ2n) is 3.15. The quantitative estimate of drug-likeness (QED) is 0.818. The largest absolute Gasteiger partial charge is 0.352 e. The standard InChI is InChI=1S/C10H10ClN3O/c1-2-12-10(15)6-3-7-5-13-14-9(7)8(11)4-6/h3-5H,2H2,1H3,(H,12,15)(H,13,14). The second-order valence-corrected chi connectivity index (χ2v) is 3.56. The van der Waals surface area contributed by atoms with E-state index in [1.165, 1.54) is 0 Å². The predicted octanol–water partition coefficient (Wildman–Crippen LogP) is 1.97. The molecule has 5 heteroatoms. The summed E-state index contributed by atoms with van der Waals surface area (Å²) in [6.07, 6.45) is 1.64. The zero-order chi connectivity index (χ0) is 10.8. The van der Waals surface area contributed by atoms with Crippen LogP contribution in [0.1, 0.15) is 17.3 Å². The molecule has 0 radical (unpaired) electrons. The predicted molar refractivity (Wildman–Crippen MR) is 59.1 cm³/mol. The maximum absolute atomic E-state index is 11.6. The van der Waals surface area contributed by atoms with E-state index in [0.717, 1.165) is 10.9 Å². The van der Waals surface area contributed by atoms with Gasteiger partial charge in [0.15, 0.2) is 0 Å². The first-order valence-corrected chi connectivity index (χ1v) is 5.01. The second kappa shape index (κ2) is 3.90. The fraction of sp³-hybridized carbons (Fsp3) is 0.200. The average Bonchev–Trinajstić information content (AvgIpc) is 2.66. The van der Waals surface area contributed by atoms with Gasteiger partial charge in [-0.2, -0.15) is 5.10 Å². The van der Waals surface area contributed by atoms with Crippen molar-refractivity contribution in [3.8, 4) is 0 Å². The highest BCUT2D eigenvalue weighted by Gasteiger charge is 2.09. The molecule has 1 heterocycles. The molecule has 0 saturated carbocycles. The number of H-pyrrole nitrogens is 1. The lowest BCUT2D eigenvalue weighted by atomic mass is 10.1. The van der Waals surface area contributed by atoms with Crippen LogP contribution in [-0.2, 0) is 0 Å². The Labute approximate surface area is 91.6 Å². The summed E-state index contributed by atoms with van der Waals surface area (Å²) in [4.78, 5) is 11.6. The van der Waals surface area contributed by atoms with Gasteiger partial charge in [-0.05, 0) is 19.1 Å². The number of hydrogen-bond donors (Lipinski definition) is 2. The molecule has 0 atom stereocenters. The van der Waals surface area contributed by atoms with E-state index in [1.54, 1.807) is 18.3 Å². The molecule has 15 heavy (non-hydrogen) atoms. The molecule has 0 bridgehead atoms. The molecule has 0 spiro atoms. The number of carbonyl (C=O) groups is 1. The van der Waals surface area contributed by atoms with E-state index in [9.17, 15) is 4.79 Å². The normalized spacial score (nSPS) is 10.5. The molecule has 0 aliphatic heterocycles. The van der Waals surface area contributed by atoms with Crippen LogP contribution in [0.4, 0.5) is 0 Å². The lowest BCUT2D eigenvalue weighted by Crippen LogP contribution is -2.22. The van der Waals surface area contributed by atoms with Crippen LogP contribution in [-0.4, -0.2) is 22.6 Å². The van der Waals surface area contributed by atoms with Gasteiger partial charge in [0.25, 0.3) is 5.91 Å². The topological polar surface area (TPSA) is 57.8 Å². The molecule has 4 nitrogen and oxygen atoms in total. The molecule has 1 aromatic heterocycles. The summed E-state index contributed by atoms with van der Waals surface area (Å²) in [5, 5.41) is 10.7. The van der Waals surface area contributed by atoms with Crippen molar-refractivity contribution in [3.05, 3.63) is 28.9 Å². The Morgan fingerprint density at radius 2 is 2.40 bits per heavy atom. The van der Waals surface area contributed by atoms with E-state index in [1.807, 2.05) is 6.92 Å². The van der Waals surface area contributed by atoms with E-state index in [-0.39, 0.29) is 5.91 Å². The third-order valence-electron chi connectivity index (χ3n) is 2.10. The van der Waals surface area contributed by atoms with Crippen molar-refractivity contribution < 1.29 is 4.79 Å². The smallest absolute Gasteiger partial charge is 0.251 e. The first-order chi connectivity index (χ1) is 7.22. The highest BCUT2D eigenvalue weighted by atomic mass is 35.5. The van der Waals surface area contributed by atoms with Gasteiger partial charge < -0.3 is 5.32 Å². The highest BCUT2D eigenvalue weighted by molar-refractivity contribution is 6.35. The number of benzene rings is 1. The SMILES string of the molecule is CCNC(=O)c1cc(Cl)c2[nH]ncc2c1. The van der Waals surface area contributed by atoms with Gasteiger partial charge in [-0.15, -0.1) is 0 Å². The van der Waals surface area contributed by atoms with Gasteiger partial charge in [-0.25, -0.2) is 0 Å². The van der Waals surface area contributed by atoms with Gasteiger partial charge in [-0.1, -0.05) is 11.6 Å². The number of halogens is 1. The van der Waals surface area contributed by atoms with Gasteiger partial charge >= 0.3 is 0 Å². The lowest BCUT2D eigenvalue weighted by molar-refractivity contribution is 0.0956. The maximum atomic E-state index is 11.6. The number of nitrogens with one attached hydrogen (secondary N) is 2. The molecule has 2 rings (SSSR count). The Bertz CT molecular complexity index is 506. The van der Waals surface area contributed by atoms with Crippen LogP contribution in [0.5, 0.6) is 0 Å². The number of amides is 1. The van der Waals surface area contributed by atoms with Crippen LogP contribution in [0, 0.1) is 0 Å². The zero-order valence-corrected chi connectivity index (χ0v) is 8.93. The summed E-state index contributed by atoms with van der Waals surface area (Å²) in [7, 11) is 0. The minimum Gasteiger partial charge on any atom is -0.352 e. The number of fused-ring (bicyclic) bond motifs is 1. The van der Waals surface area contributed by atoms with Crippen LogP contribution in [0.3, 0.4) is 0 Å². The van der Waals surface area contributed by atoms with Crippen molar-refractivity contribution in [2.45, 2.75) is 6.92 Å². The van der Waals surface area contributed by atoms with Crippen LogP contribution < -0.4 is 5.32 Å². The van der Waals surface area contributed by atoms with Gasteiger partial charge in [0.05, 0.1) is 16.7 Å². The zero-order valence-electron chi connectivity index (χ0n) is 8.17. The summed E-state index contributed by atoms with van der Waals surface area (Å²) in [5.41, 5.74) is 1.31. The van der Waals surface area contributed by atoms with E-state index in [2.05, 4.69) is 15.5 Å². The maximum Gasteiger partial charge on any atom is 0.251 e. The van der Waals surface area contributed by atoms with Crippen LogP contribution in [0.15, 0.2) is 18.3 Å². The minimum absolute atomic E-state index is 0.123. The van der Waals surface area contributed by atoms with Crippen molar-refractivity contribution in [1.82, 2.24) is 15.5 Å². The van der Waals surface area contributed by atoms with Crippen molar-refractivity contribution in [2.75, 3.05) is 6.54 Å². The van der Waals surface area contributed by atoms with Crippen molar-refractivity contribution >= 4 is 28.4 Å². The molecule has 0 unspecified atom stereocenters. The number of aromatic amines is 1. The number of nitrogens with zero attached hydrogens (tertiary/aromatic N) is 1. The molecule has 0 aliphatic rings. The number of hydrogen-bond acceptors (Lipinski definition) is 2. The molecular formula is C10H10ClN3O. The summed E-state index contributed by atoms with van der Waals surface area (Å²) in [5.74, 6) is -0.123. The number of carbonyl (C=O) groups excluding carboxylic acids is 1. The van der Waals surface area contributed by atoms with Crippen molar-refractivity contribution in [2.24, 2.45) is 0 Å². The van der Waals surface area contributed by atoms with Crippen LogP contribution >= 0.6 is 11.6 Å². The lowest BCUT2D eigenvalue weighted by Gasteiger charge is -2.02. The van der Waals surface area contributed by atoms with Gasteiger partial charge in [0.2, 0.25) is 0 Å². The Hall–Kier alpha value is -1.55. The van der Waals surface area contributed by atoms with E-state index in [4.69, 9.17) is 11.6 Å². The van der Waals surface area contributed by atoms with E-state index in [0.29, 0.717) is 17.1 Å². The average molecular weight is 224 g/mol. The third kappa shape index (κ3) is 1.80. The summed E-state index contributed by atoms with van der Waals surface area (Å²) in [6.45, 7) is 2.47. The fourth-order valence-corrected chi connectivity index (χ4v) is 1.68. The van der Waals surface area contributed by atoms with Crippen molar-refractivity contribution in [1.29, 1.82) is 0 Å². The van der Waals surface area contributed by atoms with Crippen molar-refractivity contribution in [3.63, 3.8) is 0 Å². The molecule has 0 fully saturated rings. The molecule has 2 aromatic rings. The Morgan fingerprint density at radius 3 is 3.13 bits per heavy atom. The molecular weight excluding hydrogens is 214 g/mol.